The minimum Gasteiger partial charge on any atom is -0.444 e. The lowest BCUT2D eigenvalue weighted by Gasteiger charge is -2.24. The molecule has 1 aromatic heterocycles. The van der Waals surface area contributed by atoms with Crippen molar-refractivity contribution in [3.63, 3.8) is 0 Å². The van der Waals surface area contributed by atoms with E-state index >= 15 is 0 Å². The van der Waals surface area contributed by atoms with Crippen molar-refractivity contribution in [3.8, 4) is 17.5 Å². The fourth-order valence-electron chi connectivity index (χ4n) is 4.89. The molecule has 3 aromatic carbocycles. The Bertz CT molecular complexity index is 1820. The van der Waals surface area contributed by atoms with Gasteiger partial charge in [0.15, 0.2) is 12.1 Å². The van der Waals surface area contributed by atoms with E-state index in [1.54, 1.807) is 86.5 Å². The average molecular weight is 653 g/mol. The maximum atomic E-state index is 13.5. The van der Waals surface area contributed by atoms with E-state index in [4.69, 9.17) is 14.2 Å². The molecular weight excluding hydrogens is 615 g/mol. The number of carbonyl (C=O) groups is 3. The van der Waals surface area contributed by atoms with E-state index in [1.165, 1.54) is 12.1 Å². The van der Waals surface area contributed by atoms with Gasteiger partial charge >= 0.3 is 6.09 Å². The number of anilines is 2. The van der Waals surface area contributed by atoms with Gasteiger partial charge in [-0.25, -0.2) is 14.2 Å². The number of ketones is 1. The molecule has 2 heterocycles. The number of nitrogens with one attached hydrogen (secondary N) is 2. The van der Waals surface area contributed by atoms with E-state index in [2.05, 4.69) is 27.5 Å². The molecule has 11 heteroatoms. The summed E-state index contributed by atoms with van der Waals surface area (Å²) in [5, 5.41) is 5.49. The molecule has 1 unspecified atom stereocenters. The second-order valence-electron chi connectivity index (χ2n) is 12.2. The molecule has 1 saturated heterocycles. The van der Waals surface area contributed by atoms with Gasteiger partial charge in [-0.2, -0.15) is 0 Å². The van der Waals surface area contributed by atoms with E-state index in [9.17, 15) is 18.8 Å². The molecule has 48 heavy (non-hydrogen) atoms. The number of nitrogens with zero attached hydrogens (tertiary/aromatic N) is 2. The third-order valence-electron chi connectivity index (χ3n) is 7.19. The van der Waals surface area contributed by atoms with Crippen LogP contribution < -0.4 is 10.6 Å². The molecule has 0 aliphatic carbocycles. The van der Waals surface area contributed by atoms with Gasteiger partial charge in [-0.05, 0) is 94.1 Å². The van der Waals surface area contributed by atoms with Crippen molar-refractivity contribution in [1.82, 2.24) is 9.55 Å². The highest BCUT2D eigenvalue weighted by Gasteiger charge is 2.22. The lowest BCUT2D eigenvalue weighted by Crippen LogP contribution is -2.28. The summed E-state index contributed by atoms with van der Waals surface area (Å²) < 4.78 is 32.5. The summed E-state index contributed by atoms with van der Waals surface area (Å²) >= 11 is 0. The van der Waals surface area contributed by atoms with Crippen LogP contribution in [0.4, 0.5) is 20.6 Å². The highest BCUT2D eigenvalue weighted by atomic mass is 19.1. The van der Waals surface area contributed by atoms with Gasteiger partial charge in [0.05, 0.1) is 30.7 Å². The molecule has 0 saturated carbocycles. The topological polar surface area (TPSA) is 121 Å². The van der Waals surface area contributed by atoms with Crippen LogP contribution in [0.25, 0.3) is 5.69 Å². The molecular formula is C37H37FN4O6. The molecule has 0 radical (unpaired) electrons. The summed E-state index contributed by atoms with van der Waals surface area (Å²) in [5.41, 5.74) is 2.39. The Balaban J connectivity index is 1.44. The summed E-state index contributed by atoms with van der Waals surface area (Å²) in [7, 11) is 0. The minimum atomic E-state index is -0.782. The smallest absolute Gasteiger partial charge is 0.412 e. The first kappa shape index (κ1) is 34.0. The first-order valence-corrected chi connectivity index (χ1v) is 15.6. The fourth-order valence-corrected chi connectivity index (χ4v) is 4.89. The summed E-state index contributed by atoms with van der Waals surface area (Å²) in [6.07, 6.45) is 6.09. The molecule has 1 fully saturated rings. The van der Waals surface area contributed by atoms with Gasteiger partial charge in [0, 0.05) is 41.4 Å². The second kappa shape index (κ2) is 15.5. The lowest BCUT2D eigenvalue weighted by atomic mass is 10.0. The molecule has 5 rings (SSSR count). The number of carbonyl (C=O) groups excluding carboxylic acids is 3. The molecule has 1 atom stereocenters. The molecule has 1 aliphatic rings. The number of halogens is 1. The quantitative estimate of drug-likeness (QED) is 0.113. The van der Waals surface area contributed by atoms with E-state index in [1.807, 2.05) is 6.07 Å². The molecule has 2 N–H and O–H groups in total. The first-order chi connectivity index (χ1) is 23.0. The number of imidazole rings is 1. The second-order valence-corrected chi connectivity index (χ2v) is 12.2. The van der Waals surface area contributed by atoms with Gasteiger partial charge in [-0.1, -0.05) is 24.0 Å². The standard InChI is InChI=1S/C37H37FN4O6/c1-37(2,3)48-36(45)41-32-21-28(23-47-35-9-4-5-18-46-35)26(13-10-25-11-14-29(38)15-12-25)20-31(32)40-34(44)22-33(43)27-7-6-8-30(19-27)42-17-16-39-24-42/h6-8,11-12,14-17,19-21,24,35H,4-5,9,18,22-23H2,1-3H3,(H,40,44)(H,41,45). The van der Waals surface area contributed by atoms with E-state index in [0.29, 0.717) is 28.9 Å². The normalized spacial score (nSPS) is 14.4. The Hall–Kier alpha value is -5.31. The number of ether oxygens (including phenoxy) is 3. The molecule has 1 aliphatic heterocycles. The predicted molar refractivity (Wildman–Crippen MR) is 178 cm³/mol. The molecule has 2 amide bonds. The fraction of sp³-hybridized carbons (Fsp3) is 0.297. The minimum absolute atomic E-state index is 0.0983. The Kier molecular flexibility index (Phi) is 11.0. The number of amides is 2. The third-order valence-corrected chi connectivity index (χ3v) is 7.19. The van der Waals surface area contributed by atoms with Crippen LogP contribution in [0, 0.1) is 17.7 Å². The highest BCUT2D eigenvalue weighted by molar-refractivity contribution is 6.12. The van der Waals surface area contributed by atoms with Crippen molar-refractivity contribution in [2.45, 2.75) is 65.0 Å². The number of Topliss-reactive ketones (excluding diaryl/α,β-unsaturated/α-hetero) is 1. The molecule has 248 valence electrons. The van der Waals surface area contributed by atoms with Gasteiger partial charge in [-0.15, -0.1) is 0 Å². The molecule has 0 bridgehead atoms. The highest BCUT2D eigenvalue weighted by Crippen LogP contribution is 2.29. The van der Waals surface area contributed by atoms with Crippen molar-refractivity contribution < 1.29 is 33.0 Å². The zero-order valence-electron chi connectivity index (χ0n) is 27.0. The maximum Gasteiger partial charge on any atom is 0.412 e. The number of aromatic nitrogens is 2. The van der Waals surface area contributed by atoms with Crippen LogP contribution in [0.3, 0.4) is 0 Å². The zero-order valence-corrected chi connectivity index (χ0v) is 27.0. The SMILES string of the molecule is CC(C)(C)OC(=O)Nc1cc(COC2CCCCO2)c(C#Cc2ccc(F)cc2)cc1NC(=O)CC(=O)c1cccc(-n2ccnc2)c1. The van der Waals surface area contributed by atoms with Crippen molar-refractivity contribution in [2.75, 3.05) is 17.2 Å². The number of hydrogen-bond donors (Lipinski definition) is 2. The molecule has 10 nitrogen and oxygen atoms in total. The number of rotatable bonds is 9. The van der Waals surface area contributed by atoms with E-state index in [0.717, 1.165) is 24.9 Å². The van der Waals surface area contributed by atoms with Gasteiger partial charge in [0.1, 0.15) is 11.4 Å². The number of benzene rings is 3. The summed E-state index contributed by atoms with van der Waals surface area (Å²) in [6, 6.07) is 15.9. The van der Waals surface area contributed by atoms with Crippen LogP contribution in [-0.2, 0) is 25.6 Å². The van der Waals surface area contributed by atoms with Gasteiger partial charge in [0.25, 0.3) is 0 Å². The van der Waals surface area contributed by atoms with Crippen LogP contribution in [0.1, 0.15) is 73.5 Å². The van der Waals surface area contributed by atoms with Crippen molar-refractivity contribution in [2.24, 2.45) is 0 Å². The third kappa shape index (κ3) is 9.84. The first-order valence-electron chi connectivity index (χ1n) is 15.6. The largest absolute Gasteiger partial charge is 0.444 e. The Morgan fingerprint density at radius 3 is 2.52 bits per heavy atom. The Morgan fingerprint density at radius 1 is 1.02 bits per heavy atom. The lowest BCUT2D eigenvalue weighted by molar-refractivity contribution is -0.168. The van der Waals surface area contributed by atoms with Crippen molar-refractivity contribution in [1.29, 1.82) is 0 Å². The van der Waals surface area contributed by atoms with Crippen LogP contribution >= 0.6 is 0 Å². The summed E-state index contributed by atoms with van der Waals surface area (Å²) in [4.78, 5) is 43.4. The average Bonchev–Trinajstić information content (AvgIpc) is 3.60. The zero-order chi connectivity index (χ0) is 34.1. The predicted octanol–water partition coefficient (Wildman–Crippen LogP) is 7.01. The van der Waals surface area contributed by atoms with E-state index in [-0.39, 0.29) is 23.8 Å². The monoisotopic (exact) mass is 652 g/mol. The van der Waals surface area contributed by atoms with Gasteiger partial charge in [0.2, 0.25) is 5.91 Å². The Labute approximate surface area is 278 Å². The van der Waals surface area contributed by atoms with Gasteiger partial charge in [-0.3, -0.25) is 14.9 Å². The Morgan fingerprint density at radius 2 is 1.81 bits per heavy atom. The van der Waals surface area contributed by atoms with Crippen LogP contribution in [-0.4, -0.2) is 45.8 Å². The number of hydrogen-bond acceptors (Lipinski definition) is 7. The molecule has 4 aromatic rings. The van der Waals surface area contributed by atoms with Crippen LogP contribution in [0.2, 0.25) is 0 Å². The van der Waals surface area contributed by atoms with Crippen LogP contribution in [0.5, 0.6) is 0 Å². The van der Waals surface area contributed by atoms with Crippen molar-refractivity contribution >= 4 is 29.2 Å². The van der Waals surface area contributed by atoms with Crippen LogP contribution in [0.15, 0.2) is 79.4 Å². The van der Waals surface area contributed by atoms with Gasteiger partial charge < -0.3 is 24.1 Å². The molecule has 0 spiro atoms. The van der Waals surface area contributed by atoms with E-state index < -0.39 is 36.1 Å². The summed E-state index contributed by atoms with van der Waals surface area (Å²) in [5.74, 6) is 4.73. The maximum absolute atomic E-state index is 13.5. The summed E-state index contributed by atoms with van der Waals surface area (Å²) in [6.45, 7) is 5.91. The van der Waals surface area contributed by atoms with Crippen molar-refractivity contribution in [3.05, 3.63) is 107 Å².